The van der Waals surface area contributed by atoms with Gasteiger partial charge in [-0.25, -0.2) is 22.8 Å². The van der Waals surface area contributed by atoms with Gasteiger partial charge in [0, 0.05) is 17.7 Å². The molecule has 2 heterocycles. The first-order chi connectivity index (χ1) is 12.9. The number of aromatic nitrogens is 3. The Labute approximate surface area is 153 Å². The topological polar surface area (TPSA) is 59.8 Å². The van der Waals surface area contributed by atoms with Crippen LogP contribution in [0.3, 0.4) is 0 Å². The monoisotopic (exact) mass is 374 g/mol. The van der Waals surface area contributed by atoms with Crippen LogP contribution in [0.4, 0.5) is 18.9 Å². The van der Waals surface area contributed by atoms with Crippen molar-refractivity contribution < 1.29 is 18.0 Å². The number of benzene rings is 1. The van der Waals surface area contributed by atoms with Crippen LogP contribution in [0, 0.1) is 17.5 Å². The fourth-order valence-electron chi connectivity index (χ4n) is 3.00. The van der Waals surface area contributed by atoms with Gasteiger partial charge in [-0.05, 0) is 44.9 Å². The summed E-state index contributed by atoms with van der Waals surface area (Å²) >= 11 is 0. The Kier molecular flexibility index (Phi) is 4.13. The number of carbonyl (C=O) groups is 1. The molecule has 0 saturated heterocycles. The van der Waals surface area contributed by atoms with E-state index in [1.807, 2.05) is 13.8 Å². The van der Waals surface area contributed by atoms with Crippen LogP contribution in [0.15, 0.2) is 24.4 Å². The molecule has 0 aliphatic heterocycles. The summed E-state index contributed by atoms with van der Waals surface area (Å²) in [5.41, 5.74) is 1.21. The molecule has 8 heteroatoms. The molecule has 1 fully saturated rings. The molecule has 1 aliphatic rings. The van der Waals surface area contributed by atoms with Gasteiger partial charge < -0.3 is 5.32 Å². The molecule has 27 heavy (non-hydrogen) atoms. The van der Waals surface area contributed by atoms with Gasteiger partial charge in [0.1, 0.15) is 0 Å². The van der Waals surface area contributed by atoms with E-state index in [-0.39, 0.29) is 17.5 Å². The number of anilines is 1. The minimum atomic E-state index is -1.63. The summed E-state index contributed by atoms with van der Waals surface area (Å²) < 4.78 is 42.2. The van der Waals surface area contributed by atoms with Crippen molar-refractivity contribution in [2.75, 3.05) is 5.32 Å². The SMILES string of the molecule is CC(C)n1ncc2c(C(=O)Nc3ccc(F)c(F)c3F)cc(C3CC3)nc21. The molecule has 1 aliphatic carbocycles. The number of fused-ring (bicyclic) bond motifs is 1. The first kappa shape index (κ1) is 17.5. The van der Waals surface area contributed by atoms with Gasteiger partial charge in [0.15, 0.2) is 23.1 Å². The van der Waals surface area contributed by atoms with Crippen LogP contribution in [0.2, 0.25) is 0 Å². The molecule has 0 unspecified atom stereocenters. The third kappa shape index (κ3) is 3.05. The lowest BCUT2D eigenvalue weighted by molar-refractivity contribution is 0.102. The van der Waals surface area contributed by atoms with E-state index in [0.29, 0.717) is 11.0 Å². The predicted molar refractivity (Wildman–Crippen MR) is 94.2 cm³/mol. The summed E-state index contributed by atoms with van der Waals surface area (Å²) in [7, 11) is 0. The quantitative estimate of drug-likeness (QED) is 0.681. The summed E-state index contributed by atoms with van der Waals surface area (Å²) in [5.74, 6) is -4.71. The number of rotatable bonds is 4. The first-order valence-corrected chi connectivity index (χ1v) is 8.69. The second-order valence-corrected chi connectivity index (χ2v) is 6.97. The lowest BCUT2D eigenvalue weighted by Gasteiger charge is -2.11. The van der Waals surface area contributed by atoms with E-state index in [0.717, 1.165) is 30.7 Å². The van der Waals surface area contributed by atoms with Gasteiger partial charge in [0.05, 0.1) is 22.8 Å². The number of carbonyl (C=O) groups excluding carboxylic acids is 1. The van der Waals surface area contributed by atoms with Crippen LogP contribution in [-0.4, -0.2) is 20.7 Å². The van der Waals surface area contributed by atoms with Gasteiger partial charge in [-0.1, -0.05) is 0 Å². The highest BCUT2D eigenvalue weighted by molar-refractivity contribution is 6.12. The lowest BCUT2D eigenvalue weighted by atomic mass is 10.1. The molecule has 0 atom stereocenters. The zero-order valence-corrected chi connectivity index (χ0v) is 14.8. The van der Waals surface area contributed by atoms with Gasteiger partial charge in [-0.3, -0.25) is 4.79 Å². The summed E-state index contributed by atoms with van der Waals surface area (Å²) in [6.07, 6.45) is 3.52. The van der Waals surface area contributed by atoms with Gasteiger partial charge in [0.25, 0.3) is 5.91 Å². The molecule has 1 amide bonds. The van der Waals surface area contributed by atoms with Gasteiger partial charge >= 0.3 is 0 Å². The van der Waals surface area contributed by atoms with Crippen LogP contribution in [-0.2, 0) is 0 Å². The number of hydrogen-bond donors (Lipinski definition) is 1. The van der Waals surface area contributed by atoms with E-state index in [9.17, 15) is 18.0 Å². The first-order valence-electron chi connectivity index (χ1n) is 8.69. The molecular weight excluding hydrogens is 357 g/mol. The Hall–Kier alpha value is -2.90. The largest absolute Gasteiger partial charge is 0.319 e. The molecule has 4 rings (SSSR count). The van der Waals surface area contributed by atoms with E-state index < -0.39 is 29.0 Å². The van der Waals surface area contributed by atoms with E-state index >= 15 is 0 Å². The van der Waals surface area contributed by atoms with E-state index in [2.05, 4.69) is 15.4 Å². The van der Waals surface area contributed by atoms with Gasteiger partial charge in [-0.2, -0.15) is 5.10 Å². The summed E-state index contributed by atoms with van der Waals surface area (Å²) in [6, 6.07) is 3.47. The van der Waals surface area contributed by atoms with Crippen LogP contribution < -0.4 is 5.32 Å². The van der Waals surface area contributed by atoms with Crippen LogP contribution in [0.25, 0.3) is 11.0 Å². The van der Waals surface area contributed by atoms with Gasteiger partial charge in [0.2, 0.25) is 0 Å². The van der Waals surface area contributed by atoms with Crippen LogP contribution >= 0.6 is 0 Å². The molecule has 1 saturated carbocycles. The van der Waals surface area contributed by atoms with Crippen molar-refractivity contribution >= 4 is 22.6 Å². The summed E-state index contributed by atoms with van der Waals surface area (Å²) in [6.45, 7) is 3.91. The lowest BCUT2D eigenvalue weighted by Crippen LogP contribution is -2.15. The molecule has 5 nitrogen and oxygen atoms in total. The number of hydrogen-bond acceptors (Lipinski definition) is 3. The van der Waals surface area contributed by atoms with Crippen molar-refractivity contribution in [1.82, 2.24) is 14.8 Å². The smallest absolute Gasteiger partial charge is 0.256 e. The third-order valence-electron chi connectivity index (χ3n) is 4.60. The second kappa shape index (κ2) is 6.37. The minimum absolute atomic E-state index is 0.0454. The van der Waals surface area contributed by atoms with Gasteiger partial charge in [-0.15, -0.1) is 0 Å². The average molecular weight is 374 g/mol. The number of pyridine rings is 1. The molecule has 1 aromatic carbocycles. The second-order valence-electron chi connectivity index (χ2n) is 6.97. The Morgan fingerprint density at radius 1 is 1.22 bits per heavy atom. The predicted octanol–water partition coefficient (Wildman–Crippen LogP) is 4.56. The summed E-state index contributed by atoms with van der Waals surface area (Å²) in [4.78, 5) is 17.4. The number of nitrogens with zero attached hydrogens (tertiary/aromatic N) is 3. The van der Waals surface area contributed by atoms with Crippen molar-refractivity contribution in [1.29, 1.82) is 0 Å². The average Bonchev–Trinajstić information content (AvgIpc) is 3.40. The van der Waals surface area contributed by atoms with Crippen molar-refractivity contribution in [3.63, 3.8) is 0 Å². The van der Waals surface area contributed by atoms with Crippen LogP contribution in [0.5, 0.6) is 0 Å². The molecular formula is C19H17F3N4O. The fourth-order valence-corrected chi connectivity index (χ4v) is 3.00. The maximum atomic E-state index is 13.9. The van der Waals surface area contributed by atoms with Crippen LogP contribution in [0.1, 0.15) is 54.7 Å². The zero-order chi connectivity index (χ0) is 19.3. The highest BCUT2D eigenvalue weighted by Crippen LogP contribution is 2.40. The molecule has 0 bridgehead atoms. The molecule has 1 N–H and O–H groups in total. The Morgan fingerprint density at radius 2 is 1.96 bits per heavy atom. The molecule has 140 valence electrons. The van der Waals surface area contributed by atoms with E-state index in [4.69, 9.17) is 0 Å². The fraction of sp³-hybridized carbons (Fsp3) is 0.316. The van der Waals surface area contributed by atoms with Crippen molar-refractivity contribution in [2.45, 2.75) is 38.6 Å². The maximum Gasteiger partial charge on any atom is 0.256 e. The zero-order valence-electron chi connectivity index (χ0n) is 14.8. The highest BCUT2D eigenvalue weighted by atomic mass is 19.2. The Morgan fingerprint density at radius 3 is 2.63 bits per heavy atom. The number of nitrogens with one attached hydrogen (secondary N) is 1. The molecule has 3 aromatic rings. The maximum absolute atomic E-state index is 13.9. The normalized spacial score (nSPS) is 14.1. The molecule has 0 spiro atoms. The minimum Gasteiger partial charge on any atom is -0.319 e. The third-order valence-corrected chi connectivity index (χ3v) is 4.60. The molecule has 2 aromatic heterocycles. The van der Waals surface area contributed by atoms with Crippen molar-refractivity contribution in [2.24, 2.45) is 0 Å². The van der Waals surface area contributed by atoms with Crippen molar-refractivity contribution in [3.8, 4) is 0 Å². The molecule has 0 radical (unpaired) electrons. The standard InChI is InChI=1S/C19H17F3N4O/c1-9(2)26-18-12(8-23-26)11(7-15(24-18)10-3-4-10)19(27)25-14-6-5-13(20)16(21)17(14)22/h5-10H,3-4H2,1-2H3,(H,25,27). The Bertz CT molecular complexity index is 1060. The highest BCUT2D eigenvalue weighted by Gasteiger charge is 2.28. The number of amides is 1. The van der Waals surface area contributed by atoms with E-state index in [1.54, 1.807) is 10.7 Å². The summed E-state index contributed by atoms with van der Waals surface area (Å²) in [5, 5.41) is 7.15. The van der Waals surface area contributed by atoms with E-state index in [1.165, 1.54) is 6.20 Å². The Balaban J connectivity index is 1.78. The number of halogens is 3. The van der Waals surface area contributed by atoms with Crippen molar-refractivity contribution in [3.05, 3.63) is 53.1 Å².